The van der Waals surface area contributed by atoms with Gasteiger partial charge >= 0.3 is 0 Å². The molecule has 3 rings (SSSR count). The van der Waals surface area contributed by atoms with Gasteiger partial charge in [-0.15, -0.1) is 11.8 Å². The maximum absolute atomic E-state index is 9.40. The van der Waals surface area contributed by atoms with Crippen molar-refractivity contribution in [3.05, 3.63) is 34.9 Å². The first-order valence-corrected chi connectivity index (χ1v) is 7.46. The maximum atomic E-state index is 9.40. The van der Waals surface area contributed by atoms with Crippen LogP contribution in [0.5, 0.6) is 0 Å². The van der Waals surface area contributed by atoms with E-state index in [0.29, 0.717) is 0 Å². The van der Waals surface area contributed by atoms with Gasteiger partial charge in [0.2, 0.25) is 0 Å². The van der Waals surface area contributed by atoms with Crippen molar-refractivity contribution in [1.82, 2.24) is 0 Å². The summed E-state index contributed by atoms with van der Waals surface area (Å²) in [5.74, 6) is 1.15. The van der Waals surface area contributed by atoms with Crippen LogP contribution in [0.3, 0.4) is 0 Å². The minimum atomic E-state index is -0.132. The summed E-state index contributed by atoms with van der Waals surface area (Å²) in [6, 6.07) is 9.42. The summed E-state index contributed by atoms with van der Waals surface area (Å²) in [7, 11) is 0. The van der Waals surface area contributed by atoms with Crippen LogP contribution < -0.4 is 0 Å². The SMILES string of the molecule is N#CC1(Cc2ccc3c(c2)CCC3)CCCS1. The van der Waals surface area contributed by atoms with Gasteiger partial charge in [0.15, 0.2) is 0 Å². The summed E-state index contributed by atoms with van der Waals surface area (Å²) >= 11 is 1.86. The highest BCUT2D eigenvalue weighted by molar-refractivity contribution is 8.01. The second-order valence-corrected chi connectivity index (χ2v) is 6.67. The van der Waals surface area contributed by atoms with E-state index in [-0.39, 0.29) is 4.75 Å². The van der Waals surface area contributed by atoms with Crippen molar-refractivity contribution < 1.29 is 0 Å². The van der Waals surface area contributed by atoms with E-state index in [0.717, 1.165) is 18.6 Å². The fourth-order valence-electron chi connectivity index (χ4n) is 3.03. The maximum Gasteiger partial charge on any atom is 0.106 e. The van der Waals surface area contributed by atoms with E-state index in [9.17, 15) is 5.26 Å². The molecule has 1 aromatic rings. The van der Waals surface area contributed by atoms with Gasteiger partial charge in [0, 0.05) is 6.42 Å². The van der Waals surface area contributed by atoms with Crippen molar-refractivity contribution in [1.29, 1.82) is 5.26 Å². The van der Waals surface area contributed by atoms with Crippen LogP contribution in [-0.4, -0.2) is 10.5 Å². The Morgan fingerprint density at radius 3 is 2.88 bits per heavy atom. The quantitative estimate of drug-likeness (QED) is 0.793. The van der Waals surface area contributed by atoms with Gasteiger partial charge in [-0.1, -0.05) is 18.2 Å². The minimum Gasteiger partial charge on any atom is -0.197 e. The predicted molar refractivity (Wildman–Crippen MR) is 72.2 cm³/mol. The van der Waals surface area contributed by atoms with Crippen LogP contribution in [0.1, 0.15) is 36.0 Å². The van der Waals surface area contributed by atoms with Crippen LogP contribution in [0.4, 0.5) is 0 Å². The highest BCUT2D eigenvalue weighted by atomic mass is 32.2. The molecule has 0 radical (unpaired) electrons. The smallest absolute Gasteiger partial charge is 0.106 e. The minimum absolute atomic E-state index is 0.132. The summed E-state index contributed by atoms with van der Waals surface area (Å²) in [6.45, 7) is 0. The largest absolute Gasteiger partial charge is 0.197 e. The number of benzene rings is 1. The summed E-state index contributed by atoms with van der Waals surface area (Å²) in [5.41, 5.74) is 4.42. The van der Waals surface area contributed by atoms with E-state index < -0.39 is 0 Å². The highest BCUT2D eigenvalue weighted by Gasteiger charge is 2.35. The van der Waals surface area contributed by atoms with Gasteiger partial charge in [0.1, 0.15) is 4.75 Å². The second-order valence-electron chi connectivity index (χ2n) is 5.19. The molecule has 0 bridgehead atoms. The summed E-state index contributed by atoms with van der Waals surface area (Å²) in [6.07, 6.45) is 6.97. The van der Waals surface area contributed by atoms with Crippen LogP contribution in [0, 0.1) is 11.3 Å². The van der Waals surface area contributed by atoms with Crippen molar-refractivity contribution >= 4 is 11.8 Å². The molecule has 0 N–H and O–H groups in total. The van der Waals surface area contributed by atoms with E-state index in [1.807, 2.05) is 11.8 Å². The molecular formula is C15H17NS. The van der Waals surface area contributed by atoms with E-state index in [1.165, 1.54) is 42.4 Å². The third kappa shape index (κ3) is 2.09. The third-order valence-corrected chi connectivity index (χ3v) is 5.44. The number of thioether (sulfide) groups is 1. The van der Waals surface area contributed by atoms with Crippen molar-refractivity contribution in [3.8, 4) is 6.07 Å². The fourth-order valence-corrected chi connectivity index (χ4v) is 4.33. The summed E-state index contributed by atoms with van der Waals surface area (Å²) in [4.78, 5) is 0. The normalized spacial score (nSPS) is 26.8. The first-order chi connectivity index (χ1) is 8.31. The molecule has 1 heterocycles. The van der Waals surface area contributed by atoms with Gasteiger partial charge in [0.25, 0.3) is 0 Å². The molecule has 1 atom stereocenters. The van der Waals surface area contributed by atoms with Crippen LogP contribution in [0.2, 0.25) is 0 Å². The van der Waals surface area contributed by atoms with Crippen molar-refractivity contribution in [2.45, 2.75) is 43.3 Å². The summed E-state index contributed by atoms with van der Waals surface area (Å²) in [5, 5.41) is 9.40. The number of hydrogen-bond acceptors (Lipinski definition) is 2. The molecule has 0 amide bonds. The number of hydrogen-bond donors (Lipinski definition) is 0. The predicted octanol–water partition coefficient (Wildman–Crippen LogP) is 3.51. The fraction of sp³-hybridized carbons (Fsp3) is 0.533. The monoisotopic (exact) mass is 243 g/mol. The number of fused-ring (bicyclic) bond motifs is 1. The number of nitrogens with zero attached hydrogens (tertiary/aromatic N) is 1. The average Bonchev–Trinajstić information content (AvgIpc) is 2.97. The Morgan fingerprint density at radius 1 is 1.24 bits per heavy atom. The Hall–Kier alpha value is -0.940. The van der Waals surface area contributed by atoms with E-state index >= 15 is 0 Å². The average molecular weight is 243 g/mol. The Bertz CT molecular complexity index is 466. The Morgan fingerprint density at radius 2 is 2.12 bits per heavy atom. The molecule has 1 unspecified atom stereocenters. The number of nitriles is 1. The summed E-state index contributed by atoms with van der Waals surface area (Å²) < 4.78 is -0.132. The standard InChI is InChI=1S/C15H17NS/c16-11-15(7-2-8-17-15)10-12-5-6-13-3-1-4-14(13)9-12/h5-6,9H,1-4,7-8,10H2. The van der Waals surface area contributed by atoms with Gasteiger partial charge < -0.3 is 0 Å². The molecule has 2 aliphatic rings. The van der Waals surface area contributed by atoms with Gasteiger partial charge in [-0.3, -0.25) is 0 Å². The zero-order valence-corrected chi connectivity index (χ0v) is 10.9. The Labute approximate surface area is 107 Å². The lowest BCUT2D eigenvalue weighted by molar-refractivity contribution is 0.672. The third-order valence-electron chi connectivity index (χ3n) is 3.96. The van der Waals surface area contributed by atoms with E-state index in [1.54, 1.807) is 0 Å². The lowest BCUT2D eigenvalue weighted by Crippen LogP contribution is -2.21. The van der Waals surface area contributed by atoms with Crippen LogP contribution in [0.25, 0.3) is 0 Å². The number of aryl methyl sites for hydroxylation is 2. The molecule has 17 heavy (non-hydrogen) atoms. The molecule has 0 spiro atoms. The van der Waals surface area contributed by atoms with Crippen molar-refractivity contribution in [2.75, 3.05) is 5.75 Å². The van der Waals surface area contributed by atoms with Crippen LogP contribution >= 0.6 is 11.8 Å². The van der Waals surface area contributed by atoms with Gasteiger partial charge in [0.05, 0.1) is 6.07 Å². The van der Waals surface area contributed by atoms with Gasteiger partial charge in [-0.25, -0.2) is 0 Å². The molecule has 0 aromatic heterocycles. The lowest BCUT2D eigenvalue weighted by atomic mass is 9.94. The zero-order chi connectivity index (χ0) is 11.7. The molecule has 88 valence electrons. The highest BCUT2D eigenvalue weighted by Crippen LogP contribution is 2.40. The lowest BCUT2D eigenvalue weighted by Gasteiger charge is -2.19. The van der Waals surface area contributed by atoms with Gasteiger partial charge in [-0.2, -0.15) is 5.26 Å². The Balaban J connectivity index is 1.83. The molecule has 1 aromatic carbocycles. The molecule has 2 heteroatoms. The molecule has 1 nitrogen and oxygen atoms in total. The first kappa shape index (κ1) is 11.2. The van der Waals surface area contributed by atoms with Crippen LogP contribution in [-0.2, 0) is 19.3 Å². The Kier molecular flexibility index (Phi) is 2.88. The molecular weight excluding hydrogens is 226 g/mol. The van der Waals surface area contributed by atoms with Gasteiger partial charge in [-0.05, 0) is 54.5 Å². The van der Waals surface area contributed by atoms with Crippen molar-refractivity contribution in [2.24, 2.45) is 0 Å². The topological polar surface area (TPSA) is 23.8 Å². The zero-order valence-electron chi connectivity index (χ0n) is 10.0. The van der Waals surface area contributed by atoms with Crippen molar-refractivity contribution in [3.63, 3.8) is 0 Å². The molecule has 1 aliphatic heterocycles. The number of rotatable bonds is 2. The molecule has 1 saturated heterocycles. The van der Waals surface area contributed by atoms with E-state index in [2.05, 4.69) is 24.3 Å². The first-order valence-electron chi connectivity index (χ1n) is 6.47. The van der Waals surface area contributed by atoms with E-state index in [4.69, 9.17) is 0 Å². The molecule has 1 fully saturated rings. The molecule has 1 aliphatic carbocycles. The second kappa shape index (κ2) is 4.38. The molecule has 0 saturated carbocycles. The van der Waals surface area contributed by atoms with Crippen LogP contribution in [0.15, 0.2) is 18.2 Å².